The maximum Gasteiger partial charge on any atom is 0.164 e. The molecule has 4 heteroatoms. The molecule has 0 radical (unpaired) electrons. The molecule has 18 heavy (non-hydrogen) atoms. The van der Waals surface area contributed by atoms with E-state index in [2.05, 4.69) is 5.32 Å². The molecule has 2 aliphatic rings. The van der Waals surface area contributed by atoms with Crippen molar-refractivity contribution in [1.82, 2.24) is 5.32 Å². The van der Waals surface area contributed by atoms with Crippen LogP contribution in [0.3, 0.4) is 0 Å². The van der Waals surface area contributed by atoms with Gasteiger partial charge in [0, 0.05) is 6.04 Å². The summed E-state index contributed by atoms with van der Waals surface area (Å²) in [7, 11) is 0. The molecular weight excluding hydrogens is 233 g/mol. The predicted molar refractivity (Wildman–Crippen MR) is 67.0 cm³/mol. The molecule has 0 bridgehead atoms. The van der Waals surface area contributed by atoms with Crippen molar-refractivity contribution in [1.29, 1.82) is 0 Å². The van der Waals surface area contributed by atoms with Gasteiger partial charge in [-0.15, -0.1) is 0 Å². The average Bonchev–Trinajstić information content (AvgIpc) is 2.91. The van der Waals surface area contributed by atoms with Gasteiger partial charge in [-0.1, -0.05) is 0 Å². The van der Waals surface area contributed by atoms with Crippen LogP contribution in [0.1, 0.15) is 24.0 Å². The third-order valence-corrected chi connectivity index (χ3v) is 3.56. The first-order valence-corrected chi connectivity index (χ1v) is 6.57. The van der Waals surface area contributed by atoms with Crippen LogP contribution in [-0.2, 0) is 13.1 Å². The lowest BCUT2D eigenvalue weighted by molar-refractivity contribution is 0.169. The zero-order chi connectivity index (χ0) is 12.4. The van der Waals surface area contributed by atoms with E-state index in [1.54, 1.807) is 6.07 Å². The predicted octanol–water partition coefficient (Wildman–Crippen LogP) is 2.22. The Morgan fingerprint density at radius 3 is 2.94 bits per heavy atom. The Kier molecular flexibility index (Phi) is 3.37. The van der Waals surface area contributed by atoms with Gasteiger partial charge in [0.15, 0.2) is 11.5 Å². The maximum absolute atomic E-state index is 12.9. The van der Waals surface area contributed by atoms with Crippen LogP contribution in [0.2, 0.25) is 0 Å². The van der Waals surface area contributed by atoms with Crippen LogP contribution in [0.25, 0.3) is 0 Å². The molecule has 3 rings (SSSR count). The van der Waals surface area contributed by atoms with Crippen LogP contribution in [-0.4, -0.2) is 25.8 Å². The molecule has 2 aliphatic heterocycles. The molecule has 2 heterocycles. The minimum absolute atomic E-state index is 0.457. The molecule has 1 aromatic carbocycles. The number of fused-ring (bicyclic) bond motifs is 1. The number of rotatable bonds is 3. The fourth-order valence-corrected chi connectivity index (χ4v) is 2.71. The van der Waals surface area contributed by atoms with E-state index in [-0.39, 0.29) is 0 Å². The third kappa shape index (κ3) is 2.29. The lowest BCUT2D eigenvalue weighted by atomic mass is 10.0. The van der Waals surface area contributed by atoms with Crippen molar-refractivity contribution in [2.45, 2.75) is 32.0 Å². The van der Waals surface area contributed by atoms with Gasteiger partial charge in [0.2, 0.25) is 0 Å². The zero-order valence-corrected chi connectivity index (χ0v) is 10.4. The highest BCUT2D eigenvalue weighted by Gasteiger charge is 2.21. The van der Waals surface area contributed by atoms with Crippen molar-refractivity contribution in [3.05, 3.63) is 23.3 Å². The smallest absolute Gasteiger partial charge is 0.164 e. The second-order valence-corrected chi connectivity index (χ2v) is 4.91. The fourth-order valence-electron chi connectivity index (χ4n) is 2.71. The quantitative estimate of drug-likeness (QED) is 0.893. The van der Waals surface area contributed by atoms with Crippen LogP contribution in [0.15, 0.2) is 12.1 Å². The van der Waals surface area contributed by atoms with E-state index in [1.165, 1.54) is 12.8 Å². The molecule has 1 saturated heterocycles. The number of nitrogens with one attached hydrogen (secondary N) is 1. The molecule has 1 fully saturated rings. The Labute approximate surface area is 106 Å². The van der Waals surface area contributed by atoms with Gasteiger partial charge >= 0.3 is 0 Å². The van der Waals surface area contributed by atoms with E-state index in [9.17, 15) is 4.39 Å². The van der Waals surface area contributed by atoms with Gasteiger partial charge in [0.25, 0.3) is 0 Å². The van der Waals surface area contributed by atoms with Crippen molar-refractivity contribution in [2.24, 2.45) is 0 Å². The summed E-state index contributed by atoms with van der Waals surface area (Å²) in [5, 5.41) is 3.46. The normalized spacial score (nSPS) is 22.2. The molecule has 3 nitrogen and oxygen atoms in total. The van der Waals surface area contributed by atoms with Crippen molar-refractivity contribution in [2.75, 3.05) is 19.8 Å². The van der Waals surface area contributed by atoms with Gasteiger partial charge < -0.3 is 14.8 Å². The van der Waals surface area contributed by atoms with E-state index < -0.39 is 6.67 Å². The van der Waals surface area contributed by atoms with Gasteiger partial charge in [-0.05, 0) is 49.1 Å². The van der Waals surface area contributed by atoms with Crippen molar-refractivity contribution in [3.63, 3.8) is 0 Å². The maximum atomic E-state index is 12.9. The van der Waals surface area contributed by atoms with Crippen LogP contribution in [0, 0.1) is 0 Å². The highest BCUT2D eigenvalue weighted by Crippen LogP contribution is 2.36. The van der Waals surface area contributed by atoms with Gasteiger partial charge in [-0.25, -0.2) is 4.39 Å². The first kappa shape index (κ1) is 11.8. The van der Waals surface area contributed by atoms with E-state index >= 15 is 0 Å². The van der Waals surface area contributed by atoms with Crippen LogP contribution in [0.5, 0.6) is 11.5 Å². The Hall–Kier alpha value is -1.29. The van der Waals surface area contributed by atoms with Crippen LogP contribution < -0.4 is 14.8 Å². The highest BCUT2D eigenvalue weighted by molar-refractivity contribution is 5.50. The fraction of sp³-hybridized carbons (Fsp3) is 0.571. The third-order valence-electron chi connectivity index (χ3n) is 3.56. The van der Waals surface area contributed by atoms with Crippen LogP contribution >= 0.6 is 0 Å². The Balaban J connectivity index is 1.89. The lowest BCUT2D eigenvalue weighted by Gasteiger charge is -2.23. The van der Waals surface area contributed by atoms with E-state index in [0.717, 1.165) is 24.3 Å². The number of alkyl halides is 1. The minimum atomic E-state index is -0.457. The summed E-state index contributed by atoms with van der Waals surface area (Å²) in [5.74, 6) is 1.51. The van der Waals surface area contributed by atoms with Crippen LogP contribution in [0.4, 0.5) is 4.39 Å². The number of hydrogen-bond donors (Lipinski definition) is 1. The minimum Gasteiger partial charge on any atom is -0.486 e. The number of ether oxygens (including phenoxy) is 2. The summed E-state index contributed by atoms with van der Waals surface area (Å²) in [6, 6.07) is 4.14. The molecule has 0 amide bonds. The number of benzene rings is 1. The topological polar surface area (TPSA) is 30.5 Å². The van der Waals surface area contributed by atoms with Crippen molar-refractivity contribution in [3.8, 4) is 11.5 Å². The molecule has 0 saturated carbocycles. The highest BCUT2D eigenvalue weighted by atomic mass is 19.1. The Bertz CT molecular complexity index is 430. The van der Waals surface area contributed by atoms with E-state index in [0.29, 0.717) is 30.6 Å². The lowest BCUT2D eigenvalue weighted by Crippen LogP contribution is -2.25. The molecule has 1 unspecified atom stereocenters. The van der Waals surface area contributed by atoms with Gasteiger partial charge in [0.05, 0.1) is 0 Å². The number of halogens is 1. The molecule has 0 aliphatic carbocycles. The molecule has 1 N–H and O–H groups in total. The first-order chi connectivity index (χ1) is 8.86. The van der Waals surface area contributed by atoms with Crippen molar-refractivity contribution < 1.29 is 13.9 Å². The molecule has 1 atom stereocenters. The molecule has 1 aromatic rings. The Morgan fingerprint density at radius 1 is 1.28 bits per heavy atom. The monoisotopic (exact) mass is 251 g/mol. The van der Waals surface area contributed by atoms with E-state index in [1.807, 2.05) is 6.07 Å². The SMILES string of the molecule is FCc1cc(CC2CCCN2)c2c(c1)OCCO2. The number of hydrogen-bond acceptors (Lipinski definition) is 3. The van der Waals surface area contributed by atoms with E-state index in [4.69, 9.17) is 9.47 Å². The summed E-state index contributed by atoms with van der Waals surface area (Å²) in [6.45, 7) is 1.74. The standard InChI is InChI=1S/C14H18FNO2/c15-9-10-6-11(8-12-2-1-3-16-12)14-13(7-10)17-4-5-18-14/h6-7,12,16H,1-5,8-9H2. The molecule has 98 valence electrons. The van der Waals surface area contributed by atoms with Gasteiger partial charge in [-0.3, -0.25) is 0 Å². The summed E-state index contributed by atoms with van der Waals surface area (Å²) in [5.41, 5.74) is 1.74. The van der Waals surface area contributed by atoms with Gasteiger partial charge in [-0.2, -0.15) is 0 Å². The largest absolute Gasteiger partial charge is 0.486 e. The first-order valence-electron chi connectivity index (χ1n) is 6.57. The summed E-state index contributed by atoms with van der Waals surface area (Å²) >= 11 is 0. The average molecular weight is 251 g/mol. The Morgan fingerprint density at radius 2 is 2.17 bits per heavy atom. The molecular formula is C14H18FNO2. The summed E-state index contributed by atoms with van der Waals surface area (Å²) in [4.78, 5) is 0. The summed E-state index contributed by atoms with van der Waals surface area (Å²) in [6.07, 6.45) is 3.28. The second kappa shape index (κ2) is 5.14. The summed E-state index contributed by atoms with van der Waals surface area (Å²) < 4.78 is 24.1. The van der Waals surface area contributed by atoms with Crippen molar-refractivity contribution >= 4 is 0 Å². The molecule has 0 aromatic heterocycles. The molecule has 0 spiro atoms. The zero-order valence-electron chi connectivity index (χ0n) is 10.4. The van der Waals surface area contributed by atoms with Gasteiger partial charge in [0.1, 0.15) is 19.9 Å². The second-order valence-electron chi connectivity index (χ2n) is 4.91.